The molecule has 0 amide bonds. The Bertz CT molecular complexity index is 996. The molecule has 1 fully saturated rings. The van der Waals surface area contributed by atoms with E-state index >= 15 is 0 Å². The highest BCUT2D eigenvalue weighted by Gasteiger charge is 2.16. The van der Waals surface area contributed by atoms with E-state index in [2.05, 4.69) is 9.88 Å². The van der Waals surface area contributed by atoms with Crippen LogP contribution in [0.3, 0.4) is 0 Å². The Kier molecular flexibility index (Phi) is 4.93. The summed E-state index contributed by atoms with van der Waals surface area (Å²) in [7, 11) is 1.63. The maximum absolute atomic E-state index is 12.5. The molecule has 7 nitrogen and oxygen atoms in total. The Morgan fingerprint density at radius 2 is 2.00 bits per heavy atom. The first-order valence-electron chi connectivity index (χ1n) is 8.85. The van der Waals surface area contributed by atoms with Crippen LogP contribution in [-0.2, 0) is 11.3 Å². The van der Waals surface area contributed by atoms with Gasteiger partial charge >= 0.3 is 0 Å². The Morgan fingerprint density at radius 1 is 1.15 bits per heavy atom. The zero-order valence-corrected chi connectivity index (χ0v) is 15.1. The summed E-state index contributed by atoms with van der Waals surface area (Å²) in [6.45, 7) is 3.06. The van der Waals surface area contributed by atoms with E-state index in [0.29, 0.717) is 37.0 Å². The van der Waals surface area contributed by atoms with Crippen LogP contribution >= 0.6 is 0 Å². The molecule has 2 aromatic heterocycles. The smallest absolute Gasteiger partial charge is 0.260 e. The minimum Gasteiger partial charge on any atom is -0.497 e. The molecule has 0 aliphatic carbocycles. The largest absolute Gasteiger partial charge is 0.497 e. The van der Waals surface area contributed by atoms with Gasteiger partial charge in [-0.05, 0) is 29.8 Å². The van der Waals surface area contributed by atoms with Gasteiger partial charge in [0.05, 0.1) is 20.3 Å². The quantitative estimate of drug-likeness (QED) is 0.688. The predicted octanol–water partition coefficient (Wildman–Crippen LogP) is 2.12. The van der Waals surface area contributed by atoms with Crippen LogP contribution in [0.15, 0.2) is 53.5 Å². The maximum atomic E-state index is 12.5. The first kappa shape index (κ1) is 17.4. The molecule has 140 valence electrons. The van der Waals surface area contributed by atoms with E-state index in [-0.39, 0.29) is 5.56 Å². The van der Waals surface area contributed by atoms with Gasteiger partial charge < -0.3 is 19.1 Å². The topological polar surface area (TPSA) is 65.3 Å². The Morgan fingerprint density at radius 3 is 2.81 bits per heavy atom. The van der Waals surface area contributed by atoms with Crippen LogP contribution in [-0.4, -0.2) is 42.8 Å². The number of benzene rings is 1. The molecule has 0 saturated carbocycles. The summed E-state index contributed by atoms with van der Waals surface area (Å²) in [6.07, 6.45) is 1.70. The summed E-state index contributed by atoms with van der Waals surface area (Å²) in [5.74, 6) is 1.99. The minimum atomic E-state index is -0.131. The van der Waals surface area contributed by atoms with Crippen LogP contribution < -0.4 is 19.9 Å². The maximum Gasteiger partial charge on any atom is 0.260 e. The normalized spacial score (nSPS) is 14.3. The molecule has 4 rings (SSSR count). The van der Waals surface area contributed by atoms with Gasteiger partial charge in [-0.15, -0.1) is 0 Å². The van der Waals surface area contributed by atoms with Gasteiger partial charge in [-0.2, -0.15) is 0 Å². The molecule has 0 unspecified atom stereocenters. The number of rotatable bonds is 5. The zero-order chi connectivity index (χ0) is 18.6. The second-order valence-corrected chi connectivity index (χ2v) is 6.26. The monoisotopic (exact) mass is 367 g/mol. The molecule has 0 N–H and O–H groups in total. The molecular weight excluding hydrogens is 346 g/mol. The molecule has 0 radical (unpaired) electrons. The average molecular weight is 367 g/mol. The third-order valence-corrected chi connectivity index (χ3v) is 4.51. The van der Waals surface area contributed by atoms with Gasteiger partial charge in [0.15, 0.2) is 11.4 Å². The van der Waals surface area contributed by atoms with E-state index < -0.39 is 0 Å². The molecule has 1 aromatic carbocycles. The van der Waals surface area contributed by atoms with Crippen molar-refractivity contribution in [2.24, 2.45) is 0 Å². The summed E-state index contributed by atoms with van der Waals surface area (Å²) in [4.78, 5) is 19.3. The number of methoxy groups -OCH3 is 1. The SMILES string of the molecule is COc1cccc(COc2cccn3c(=O)cc(N4CCOCC4)nc23)c1. The van der Waals surface area contributed by atoms with Crippen LogP contribution in [0.4, 0.5) is 5.82 Å². The lowest BCUT2D eigenvalue weighted by Crippen LogP contribution is -2.37. The number of aromatic nitrogens is 2. The number of anilines is 1. The molecule has 7 heteroatoms. The summed E-state index contributed by atoms with van der Waals surface area (Å²) in [6, 6.07) is 12.9. The van der Waals surface area contributed by atoms with Crippen LogP contribution in [0.2, 0.25) is 0 Å². The molecule has 0 atom stereocenters. The van der Waals surface area contributed by atoms with Crippen LogP contribution in [0, 0.1) is 0 Å². The van der Waals surface area contributed by atoms with Gasteiger partial charge in [0.2, 0.25) is 0 Å². The van der Waals surface area contributed by atoms with E-state index in [1.807, 2.05) is 30.3 Å². The fraction of sp³-hybridized carbons (Fsp3) is 0.300. The van der Waals surface area contributed by atoms with E-state index in [9.17, 15) is 4.79 Å². The van der Waals surface area contributed by atoms with E-state index in [0.717, 1.165) is 24.4 Å². The minimum absolute atomic E-state index is 0.131. The molecule has 1 aliphatic heterocycles. The lowest BCUT2D eigenvalue weighted by molar-refractivity contribution is 0.122. The Balaban J connectivity index is 1.65. The first-order valence-corrected chi connectivity index (χ1v) is 8.85. The van der Waals surface area contributed by atoms with Gasteiger partial charge in [-0.1, -0.05) is 12.1 Å². The van der Waals surface area contributed by atoms with Crippen molar-refractivity contribution >= 4 is 11.5 Å². The highest BCUT2D eigenvalue weighted by atomic mass is 16.5. The average Bonchev–Trinajstić information content (AvgIpc) is 2.73. The lowest BCUT2D eigenvalue weighted by atomic mass is 10.2. The Labute approximate surface area is 156 Å². The van der Waals surface area contributed by atoms with Gasteiger partial charge in [0, 0.05) is 25.4 Å². The second-order valence-electron chi connectivity index (χ2n) is 6.26. The molecule has 27 heavy (non-hydrogen) atoms. The van der Waals surface area contributed by atoms with Crippen LogP contribution in [0.5, 0.6) is 11.5 Å². The van der Waals surface area contributed by atoms with Gasteiger partial charge in [0.1, 0.15) is 18.2 Å². The number of nitrogens with zero attached hydrogens (tertiary/aromatic N) is 3. The molecule has 1 aliphatic rings. The molecular formula is C20H21N3O4. The van der Waals surface area contributed by atoms with E-state index in [1.54, 1.807) is 25.4 Å². The number of hydrogen-bond acceptors (Lipinski definition) is 6. The molecule has 0 spiro atoms. The predicted molar refractivity (Wildman–Crippen MR) is 102 cm³/mol. The third kappa shape index (κ3) is 3.73. The van der Waals surface area contributed by atoms with Crippen molar-refractivity contribution < 1.29 is 14.2 Å². The highest BCUT2D eigenvalue weighted by molar-refractivity contribution is 5.57. The number of morpholine rings is 1. The van der Waals surface area contributed by atoms with Gasteiger partial charge in [-0.3, -0.25) is 9.20 Å². The first-order chi connectivity index (χ1) is 13.2. The number of hydrogen-bond donors (Lipinski definition) is 0. The molecule has 1 saturated heterocycles. The zero-order valence-electron chi connectivity index (χ0n) is 15.1. The number of fused-ring (bicyclic) bond motifs is 1. The lowest BCUT2D eigenvalue weighted by Gasteiger charge is -2.27. The molecule has 0 bridgehead atoms. The fourth-order valence-electron chi connectivity index (χ4n) is 3.08. The van der Waals surface area contributed by atoms with Crippen molar-refractivity contribution in [3.8, 4) is 11.5 Å². The number of pyridine rings is 1. The van der Waals surface area contributed by atoms with Crippen LogP contribution in [0.25, 0.3) is 5.65 Å². The van der Waals surface area contributed by atoms with E-state index in [4.69, 9.17) is 14.2 Å². The van der Waals surface area contributed by atoms with Gasteiger partial charge in [0.25, 0.3) is 5.56 Å². The highest BCUT2D eigenvalue weighted by Crippen LogP contribution is 2.22. The van der Waals surface area contributed by atoms with Crippen molar-refractivity contribution in [1.82, 2.24) is 9.38 Å². The van der Waals surface area contributed by atoms with Crippen molar-refractivity contribution in [1.29, 1.82) is 0 Å². The van der Waals surface area contributed by atoms with Crippen molar-refractivity contribution in [2.75, 3.05) is 38.3 Å². The summed E-state index contributed by atoms with van der Waals surface area (Å²) in [5, 5.41) is 0. The summed E-state index contributed by atoms with van der Waals surface area (Å²) in [5.41, 5.74) is 1.35. The second kappa shape index (κ2) is 7.67. The van der Waals surface area contributed by atoms with Crippen molar-refractivity contribution in [3.63, 3.8) is 0 Å². The summed E-state index contributed by atoms with van der Waals surface area (Å²) >= 11 is 0. The fourth-order valence-corrected chi connectivity index (χ4v) is 3.08. The van der Waals surface area contributed by atoms with Crippen molar-refractivity contribution in [3.05, 3.63) is 64.6 Å². The van der Waals surface area contributed by atoms with Crippen LogP contribution in [0.1, 0.15) is 5.56 Å². The van der Waals surface area contributed by atoms with E-state index in [1.165, 1.54) is 4.40 Å². The van der Waals surface area contributed by atoms with Crippen molar-refractivity contribution in [2.45, 2.75) is 6.61 Å². The standard InChI is InChI=1S/C20H21N3O4/c1-25-16-5-2-4-15(12-16)14-27-17-6-3-7-23-19(24)13-18(21-20(17)23)22-8-10-26-11-9-22/h2-7,12-13H,8-11,14H2,1H3. The molecule has 3 aromatic rings. The third-order valence-electron chi connectivity index (χ3n) is 4.51. The summed E-state index contributed by atoms with van der Waals surface area (Å²) < 4.78 is 18.1. The number of ether oxygens (including phenoxy) is 3. The van der Waals surface area contributed by atoms with Gasteiger partial charge in [-0.25, -0.2) is 4.98 Å². The molecule has 3 heterocycles. The Hall–Kier alpha value is -3.06.